The van der Waals surface area contributed by atoms with E-state index < -0.39 is 30.3 Å². The van der Waals surface area contributed by atoms with E-state index in [-0.39, 0.29) is 63.3 Å². The monoisotopic (exact) mass is 760 g/mol. The smallest absolute Gasteiger partial charge is 0.870 e. The van der Waals surface area contributed by atoms with Crippen LogP contribution in [0.25, 0.3) is 4.48 Å². The van der Waals surface area contributed by atoms with Crippen LogP contribution in [0.4, 0.5) is 38.9 Å². The molecule has 32 heavy (non-hydrogen) atoms. The van der Waals surface area contributed by atoms with Crippen LogP contribution in [0.2, 0.25) is 0 Å². The van der Waals surface area contributed by atoms with Crippen molar-refractivity contribution in [2.24, 2.45) is 0 Å². The molecule has 0 fully saturated rings. The van der Waals surface area contributed by atoms with Crippen molar-refractivity contribution in [2.75, 3.05) is 0 Å². The van der Waals surface area contributed by atoms with Crippen molar-refractivity contribution >= 4 is 95.4 Å². The summed E-state index contributed by atoms with van der Waals surface area (Å²) in [5.41, 5.74) is -0.0449. The maximum absolute atomic E-state index is 12.1. The molecule has 0 bridgehead atoms. The van der Waals surface area contributed by atoms with E-state index in [1.807, 2.05) is 0 Å². The molecule has 1 N–H and O–H groups in total. The van der Waals surface area contributed by atoms with Gasteiger partial charge in [0.2, 0.25) is 0 Å². The third-order valence-electron chi connectivity index (χ3n) is 2.19. The van der Waals surface area contributed by atoms with Gasteiger partial charge in [0.25, 0.3) is 0 Å². The molecule has 0 aliphatic carbocycles. The van der Waals surface area contributed by atoms with Crippen molar-refractivity contribution in [1.82, 2.24) is 0 Å². The Balaban J connectivity index is -0.000000481. The summed E-state index contributed by atoms with van der Waals surface area (Å²) in [6.45, 7) is 0. The van der Waals surface area contributed by atoms with Crippen LogP contribution < -0.4 is 29.6 Å². The van der Waals surface area contributed by atoms with Gasteiger partial charge in [-0.15, -0.1) is 11.3 Å². The maximum Gasteiger partial charge on any atom is 1.00 e. The van der Waals surface area contributed by atoms with Gasteiger partial charge in [0.1, 0.15) is 0 Å². The summed E-state index contributed by atoms with van der Waals surface area (Å²) in [7, 11) is -19.1. The normalized spacial score (nSPS) is 15.8. The van der Waals surface area contributed by atoms with Crippen molar-refractivity contribution in [2.45, 2.75) is 7.43 Å². The van der Waals surface area contributed by atoms with E-state index in [4.69, 9.17) is 0 Å². The Bertz CT molecular complexity index is 1020. The Hall–Kier alpha value is 1.10. The molecule has 0 aliphatic heterocycles. The van der Waals surface area contributed by atoms with E-state index in [2.05, 4.69) is 47.8 Å². The molecule has 0 spiro atoms. The molecule has 0 aliphatic rings. The molecule has 0 saturated heterocycles. The Morgan fingerprint density at radius 1 is 0.812 bits per heavy atom. The molecule has 19 heteroatoms. The molecule has 2 aromatic heterocycles. The first-order valence-electron chi connectivity index (χ1n) is 6.19. The topological polar surface area (TPSA) is 30.0 Å². The van der Waals surface area contributed by atoms with Gasteiger partial charge in [-0.25, -0.2) is 0 Å². The van der Waals surface area contributed by atoms with Crippen LogP contribution in [-0.2, 0) is 0 Å². The zero-order valence-corrected chi connectivity index (χ0v) is 24.4. The first-order chi connectivity index (χ1) is 12.3. The summed E-state index contributed by atoms with van der Waals surface area (Å²) in [4.78, 5) is 0. The van der Waals surface area contributed by atoms with E-state index in [0.29, 0.717) is 4.47 Å². The molecule has 0 unspecified atom stereocenters. The third kappa shape index (κ3) is 17.5. The zero-order chi connectivity index (χ0) is 23.1. The molecular weight excluding hydrogens is 753 g/mol. The van der Waals surface area contributed by atoms with E-state index >= 15 is 0 Å². The molecule has 0 radical (unpaired) electrons. The van der Waals surface area contributed by atoms with E-state index in [1.54, 1.807) is 0 Å². The number of rotatable bonds is 2. The van der Waals surface area contributed by atoms with Gasteiger partial charge in [-0.2, -0.15) is 11.3 Å². The van der Waals surface area contributed by atoms with Gasteiger partial charge in [-0.05, 0) is 53.7 Å². The predicted octanol–water partition coefficient (Wildman–Crippen LogP) is 9.08. The molecule has 2 heterocycles. The zero-order valence-electron chi connectivity index (χ0n) is 14.4. The summed E-state index contributed by atoms with van der Waals surface area (Å²) in [5.74, 6) is 1.40. The average Bonchev–Trinajstić information content (AvgIpc) is 3.00. The van der Waals surface area contributed by atoms with Crippen LogP contribution >= 0.6 is 90.9 Å². The second-order valence-corrected chi connectivity index (χ2v) is 13.4. The fraction of sp³-hybridized carbons (Fsp3) is 0.0769. The quantitative estimate of drug-likeness (QED) is 0.171. The van der Waals surface area contributed by atoms with Crippen molar-refractivity contribution in [3.8, 4) is 11.2 Å². The fourth-order valence-electron chi connectivity index (χ4n) is 1.23. The van der Waals surface area contributed by atoms with E-state index in [1.165, 1.54) is 27.4 Å². The summed E-state index contributed by atoms with van der Waals surface area (Å²) in [5, 5.41) is 4.71. The van der Waals surface area contributed by atoms with Gasteiger partial charge >= 0.3 is 50.0 Å². The van der Waals surface area contributed by atoms with Crippen LogP contribution in [0.3, 0.4) is 0 Å². The second-order valence-electron chi connectivity index (χ2n) is 4.96. The standard InChI is InChI=1S/C6H3Br2F5S2.C6H2BrF5S2.CH4.Na.H2O/c7-5-2-14-1-4(5)6(8)3-15(9,10,11,12)13;7-6-4-13-3-5(6)1-2-14(8,9,10,11)12;;;/h1-3H;3-4H;1H4;;1H2/q;;;+1;/p-1/b6-3+;;;;. The molecule has 1 nitrogen and oxygen atoms in total. The largest absolute Gasteiger partial charge is 1.00 e. The Kier molecular flexibility index (Phi) is 12.0. The van der Waals surface area contributed by atoms with E-state index in [9.17, 15) is 38.9 Å². The Morgan fingerprint density at radius 2 is 1.25 bits per heavy atom. The fourth-order valence-corrected chi connectivity index (χ4v) is 6.69. The van der Waals surface area contributed by atoms with Crippen molar-refractivity contribution in [3.05, 3.63) is 47.0 Å². The van der Waals surface area contributed by atoms with Gasteiger partial charge in [0, 0.05) is 40.5 Å². The predicted molar refractivity (Wildman–Crippen MR) is 123 cm³/mol. The van der Waals surface area contributed by atoms with Gasteiger partial charge < -0.3 is 5.48 Å². The summed E-state index contributed by atoms with van der Waals surface area (Å²) >= 11 is 10.5. The van der Waals surface area contributed by atoms with E-state index in [0.717, 1.165) is 22.7 Å². The summed E-state index contributed by atoms with van der Waals surface area (Å²) < 4.78 is 119. The molecule has 2 rings (SSSR count). The Morgan fingerprint density at radius 3 is 1.56 bits per heavy atom. The number of hydrogen-bond donors (Lipinski definition) is 0. The van der Waals surface area contributed by atoms with Crippen LogP contribution in [-0.4, -0.2) is 5.48 Å². The minimum Gasteiger partial charge on any atom is -0.870 e. The number of halogens is 13. The molecular formula is C13H10Br3F10NaOS4. The van der Waals surface area contributed by atoms with Crippen LogP contribution in [0, 0.1) is 11.2 Å². The van der Waals surface area contributed by atoms with Crippen LogP contribution in [0.1, 0.15) is 18.6 Å². The third-order valence-corrected chi connectivity index (χ3v) is 7.72. The van der Waals surface area contributed by atoms with Gasteiger partial charge in [-0.3, -0.25) is 0 Å². The van der Waals surface area contributed by atoms with Gasteiger partial charge in [0.05, 0.1) is 16.2 Å². The molecule has 184 valence electrons. The van der Waals surface area contributed by atoms with Crippen LogP contribution in [0.15, 0.2) is 35.9 Å². The van der Waals surface area contributed by atoms with Crippen molar-refractivity contribution < 1.29 is 73.9 Å². The number of thiophene rings is 2. The minimum absolute atomic E-state index is 0. The molecule has 2 aromatic rings. The van der Waals surface area contributed by atoms with Gasteiger partial charge in [-0.1, -0.05) is 46.3 Å². The average molecular weight is 763 g/mol. The Labute approximate surface area is 232 Å². The molecule has 0 aromatic carbocycles. The van der Waals surface area contributed by atoms with Gasteiger partial charge in [0.15, 0.2) is 0 Å². The molecule has 0 atom stereocenters. The SMILES string of the molecule is C.FS(F)(F)(F)(F)/C=C(/Br)c1cscc1Br.FS(F)(F)(F)(F)C#Cc1cscc1Br.[Na+].[OH-]. The first kappa shape index (κ1) is 37.6. The minimum atomic E-state index is -9.60. The van der Waals surface area contributed by atoms with Crippen molar-refractivity contribution in [3.63, 3.8) is 0 Å². The second kappa shape index (κ2) is 10.2. The number of hydrogen-bond acceptors (Lipinski definition) is 3. The van der Waals surface area contributed by atoms with Crippen LogP contribution in [0.5, 0.6) is 0 Å². The first-order valence-corrected chi connectivity index (χ1v) is 14.4. The molecule has 0 saturated carbocycles. The van der Waals surface area contributed by atoms with Crippen molar-refractivity contribution in [1.29, 1.82) is 0 Å². The maximum atomic E-state index is 12.1. The molecule has 0 amide bonds. The summed E-state index contributed by atoms with van der Waals surface area (Å²) in [6, 6.07) is 0. The summed E-state index contributed by atoms with van der Waals surface area (Å²) in [6.07, 6.45) is 0.